The fraction of sp³-hybridized carbons (Fsp3) is 0.481. The summed E-state index contributed by atoms with van der Waals surface area (Å²) >= 11 is 5.72. The van der Waals surface area contributed by atoms with Crippen molar-refractivity contribution in [3.05, 3.63) is 42.5 Å². The van der Waals surface area contributed by atoms with Crippen LogP contribution in [0.5, 0.6) is 5.75 Å². The highest BCUT2D eigenvalue weighted by atomic mass is 32.5. The zero-order valence-electron chi connectivity index (χ0n) is 24.1. The molecule has 1 aromatic carbocycles. The number of fused-ring (bicyclic) bond motifs is 1. The van der Waals surface area contributed by atoms with Crippen molar-refractivity contribution in [1.29, 1.82) is 0 Å². The van der Waals surface area contributed by atoms with Gasteiger partial charge in [0.1, 0.15) is 29.8 Å². The van der Waals surface area contributed by atoms with Gasteiger partial charge in [0.25, 0.3) is 0 Å². The number of aliphatic hydroxyl groups is 1. The average molecular weight is 621 g/mol. The molecule has 1 saturated heterocycles. The number of aliphatic hydroxyl groups excluding tert-OH is 1. The molecule has 15 heteroatoms. The van der Waals surface area contributed by atoms with Gasteiger partial charge in [-0.15, -0.1) is 6.42 Å². The lowest BCUT2D eigenvalue weighted by Crippen LogP contribution is -2.42. The van der Waals surface area contributed by atoms with Crippen LogP contribution in [-0.4, -0.2) is 81.3 Å². The lowest BCUT2D eigenvalue weighted by atomic mass is 9.97. The minimum Gasteiger partial charge on any atom is -0.462 e. The maximum Gasteiger partial charge on any atom is 0.323 e. The highest BCUT2D eigenvalue weighted by molar-refractivity contribution is 8.09. The number of carbonyl (C=O) groups excluding carboxylic acids is 1. The molecule has 3 aromatic rings. The molecule has 0 bridgehead atoms. The number of anilines is 1. The van der Waals surface area contributed by atoms with Gasteiger partial charge in [0.15, 0.2) is 23.2 Å². The van der Waals surface area contributed by atoms with Crippen molar-refractivity contribution in [3.8, 4) is 18.1 Å². The molecule has 226 valence electrons. The molecule has 4 rings (SSSR count). The second kappa shape index (κ2) is 12.6. The van der Waals surface area contributed by atoms with Crippen molar-refractivity contribution in [2.24, 2.45) is 0 Å². The largest absolute Gasteiger partial charge is 0.462 e. The summed E-state index contributed by atoms with van der Waals surface area (Å²) in [5.41, 5.74) is -2.00. The van der Waals surface area contributed by atoms with Crippen molar-refractivity contribution in [1.82, 2.24) is 24.6 Å². The number of hydrogen-bond donors (Lipinski definition) is 2. The van der Waals surface area contributed by atoms with E-state index in [0.29, 0.717) is 22.9 Å². The van der Waals surface area contributed by atoms with Gasteiger partial charge in [-0.3, -0.25) is 9.36 Å². The first-order chi connectivity index (χ1) is 19.8. The van der Waals surface area contributed by atoms with Crippen molar-refractivity contribution < 1.29 is 32.8 Å². The molecule has 1 aliphatic heterocycles. The number of carbonyl (C=O) groups is 1. The van der Waals surface area contributed by atoms with E-state index < -0.39 is 49.4 Å². The van der Waals surface area contributed by atoms with Crippen molar-refractivity contribution in [2.45, 2.75) is 63.9 Å². The summed E-state index contributed by atoms with van der Waals surface area (Å²) in [6.07, 6.45) is 2.01. The maximum atomic E-state index is 16.3. The Balaban J connectivity index is 1.61. The molecule has 0 radical (unpaired) electrons. The van der Waals surface area contributed by atoms with E-state index in [1.165, 1.54) is 10.9 Å². The van der Waals surface area contributed by atoms with Gasteiger partial charge < -0.3 is 28.5 Å². The third kappa shape index (κ3) is 6.57. The third-order valence-corrected chi connectivity index (χ3v) is 8.79. The lowest BCUT2D eigenvalue weighted by molar-refractivity contribution is -0.149. The van der Waals surface area contributed by atoms with Gasteiger partial charge in [0, 0.05) is 14.1 Å². The Morgan fingerprint density at radius 3 is 2.64 bits per heavy atom. The normalized spacial score (nSPS) is 24.2. The molecule has 3 heterocycles. The Hall–Kier alpha value is -3.18. The smallest absolute Gasteiger partial charge is 0.323 e. The summed E-state index contributed by atoms with van der Waals surface area (Å²) in [4.78, 5) is 27.4. The fourth-order valence-electron chi connectivity index (χ4n) is 4.31. The van der Waals surface area contributed by atoms with Gasteiger partial charge in [-0.05, 0) is 51.6 Å². The Bertz CT molecular complexity index is 1520. The fourth-order valence-corrected chi connectivity index (χ4v) is 6.72. The number of ether oxygens (including phenoxy) is 2. The number of nitrogens with one attached hydrogen (secondary N) is 1. The number of aromatic nitrogens is 4. The first-order valence-electron chi connectivity index (χ1n) is 13.1. The Morgan fingerprint density at radius 1 is 1.33 bits per heavy atom. The van der Waals surface area contributed by atoms with E-state index in [9.17, 15) is 9.90 Å². The van der Waals surface area contributed by atoms with Crippen LogP contribution in [0.2, 0.25) is 0 Å². The van der Waals surface area contributed by atoms with E-state index in [1.807, 2.05) is 0 Å². The highest BCUT2D eigenvalue weighted by Gasteiger charge is 2.58. The standard InChI is InChI=1S/C27H34FN6O6PS/c1-8-27(28)22(35)20(39-26(27)34-15-29-21-23(33(6)7)30-18(5)31-24(21)34)14-37-41(42,40-19-12-10-9-11-13-19)32-17(4)25(36)38-16(2)3/h1,9-13,15-17,20,22,26,35H,14H2,2-7H3,(H,32,42)/t17-,20-,22-,26-,27-,41+/m1/s1. The average Bonchev–Trinajstić information content (AvgIpc) is 3.45. The van der Waals surface area contributed by atoms with Crippen LogP contribution in [0.15, 0.2) is 36.7 Å². The number of nitrogens with zero attached hydrogens (tertiary/aromatic N) is 5. The van der Waals surface area contributed by atoms with Gasteiger partial charge in [-0.1, -0.05) is 24.1 Å². The van der Waals surface area contributed by atoms with Gasteiger partial charge in [-0.25, -0.2) is 24.4 Å². The first kappa shape index (κ1) is 31.7. The number of alkyl halides is 1. The number of rotatable bonds is 11. The van der Waals surface area contributed by atoms with Crippen LogP contribution in [0.1, 0.15) is 32.8 Å². The van der Waals surface area contributed by atoms with Gasteiger partial charge in [-0.2, -0.15) is 0 Å². The van der Waals surface area contributed by atoms with E-state index >= 15 is 4.39 Å². The number of hydrogen-bond acceptors (Lipinski definition) is 11. The molecule has 6 atom stereocenters. The number of imidazole rings is 1. The number of aryl methyl sites for hydroxylation is 1. The summed E-state index contributed by atoms with van der Waals surface area (Å²) in [6, 6.07) is 7.72. The predicted molar refractivity (Wildman–Crippen MR) is 158 cm³/mol. The molecule has 0 spiro atoms. The monoisotopic (exact) mass is 620 g/mol. The summed E-state index contributed by atoms with van der Waals surface area (Å²) in [5.74, 6) is 2.81. The second-order valence-corrected chi connectivity index (χ2v) is 13.4. The van der Waals surface area contributed by atoms with E-state index in [2.05, 4.69) is 26.0 Å². The summed E-state index contributed by atoms with van der Waals surface area (Å²) < 4.78 is 40.9. The number of benzene rings is 1. The Morgan fingerprint density at radius 2 is 2.02 bits per heavy atom. The van der Waals surface area contributed by atoms with Crippen LogP contribution < -0.4 is 14.5 Å². The minimum absolute atomic E-state index is 0.277. The molecular formula is C27H34FN6O6PS. The van der Waals surface area contributed by atoms with Crippen LogP contribution in [0.25, 0.3) is 11.2 Å². The summed E-state index contributed by atoms with van der Waals surface area (Å²) in [7, 11) is 3.59. The molecule has 1 aliphatic rings. The second-order valence-electron chi connectivity index (χ2n) is 10.2. The number of para-hydroxylation sites is 1. The predicted octanol–water partition coefficient (Wildman–Crippen LogP) is 3.05. The van der Waals surface area contributed by atoms with Crippen LogP contribution in [-0.2, 0) is 30.6 Å². The molecule has 0 saturated carbocycles. The van der Waals surface area contributed by atoms with Crippen molar-refractivity contribution in [3.63, 3.8) is 0 Å². The molecule has 0 amide bonds. The maximum absolute atomic E-state index is 16.3. The van der Waals surface area contributed by atoms with E-state index in [0.717, 1.165) is 0 Å². The molecular weight excluding hydrogens is 586 g/mol. The molecule has 42 heavy (non-hydrogen) atoms. The third-order valence-electron chi connectivity index (χ3n) is 6.29. The summed E-state index contributed by atoms with van der Waals surface area (Å²) in [5, 5.41) is 14.0. The molecule has 2 aromatic heterocycles. The SMILES string of the molecule is C#C[C@@]1(F)[C@H](O)[C@@H](CO[P@@](=S)(N[C@H](C)C(=O)OC(C)C)Oc2ccccc2)O[C@H]1n1cnc2c(N(C)C)nc(C)nc21. The number of terminal acetylenes is 1. The lowest BCUT2D eigenvalue weighted by Gasteiger charge is -2.28. The van der Waals surface area contributed by atoms with Crippen molar-refractivity contribution in [2.75, 3.05) is 25.6 Å². The van der Waals surface area contributed by atoms with Crippen molar-refractivity contribution >= 4 is 41.4 Å². The zero-order valence-corrected chi connectivity index (χ0v) is 25.8. The minimum atomic E-state index is -3.50. The Labute approximate surface area is 248 Å². The van der Waals surface area contributed by atoms with Crippen LogP contribution in [0, 0.1) is 19.3 Å². The highest BCUT2D eigenvalue weighted by Crippen LogP contribution is 2.48. The van der Waals surface area contributed by atoms with Gasteiger partial charge in [0.05, 0.1) is 19.0 Å². The van der Waals surface area contributed by atoms with E-state index in [-0.39, 0.29) is 11.8 Å². The molecule has 0 aliphatic carbocycles. The molecule has 1 fully saturated rings. The zero-order chi connectivity index (χ0) is 30.8. The molecule has 12 nitrogen and oxygen atoms in total. The van der Waals surface area contributed by atoms with Crippen LogP contribution in [0.4, 0.5) is 10.2 Å². The Kier molecular flexibility index (Phi) is 9.52. The molecule has 0 unspecified atom stereocenters. The first-order valence-corrected chi connectivity index (χ1v) is 15.8. The van der Waals surface area contributed by atoms with E-state index in [4.69, 9.17) is 36.8 Å². The van der Waals surface area contributed by atoms with Gasteiger partial charge >= 0.3 is 12.6 Å². The molecule has 2 N–H and O–H groups in total. The van der Waals surface area contributed by atoms with E-state index in [1.54, 1.807) is 77.0 Å². The van der Waals surface area contributed by atoms with Gasteiger partial charge in [0.2, 0.25) is 5.67 Å². The summed E-state index contributed by atoms with van der Waals surface area (Å²) in [6.45, 7) is 2.78. The number of esters is 1. The van der Waals surface area contributed by atoms with Crippen LogP contribution in [0.3, 0.4) is 0 Å². The van der Waals surface area contributed by atoms with Crippen LogP contribution >= 0.6 is 6.64 Å². The topological polar surface area (TPSA) is 133 Å². The number of halogens is 1. The quantitative estimate of drug-likeness (QED) is 0.186.